The Labute approximate surface area is 107 Å². The first-order chi connectivity index (χ1) is 8.15. The van der Waals surface area contributed by atoms with Gasteiger partial charge >= 0.3 is 0 Å². The molecule has 0 radical (unpaired) electrons. The third-order valence-corrected chi connectivity index (χ3v) is 3.95. The number of aromatic nitrogens is 2. The lowest BCUT2D eigenvalue weighted by Crippen LogP contribution is -2.40. The van der Waals surface area contributed by atoms with Gasteiger partial charge in [0.25, 0.3) is 0 Å². The highest BCUT2D eigenvalue weighted by Crippen LogP contribution is 2.31. The zero-order valence-corrected chi connectivity index (χ0v) is 11.4. The Kier molecular flexibility index (Phi) is 4.36. The molecule has 1 aliphatic rings. The Hall–Kier alpha value is -0.650. The molecule has 1 unspecified atom stereocenters. The van der Waals surface area contributed by atoms with Crippen LogP contribution in [0.5, 0.6) is 0 Å². The van der Waals surface area contributed by atoms with Gasteiger partial charge in [-0.1, -0.05) is 11.8 Å². The molecule has 1 saturated heterocycles. The fraction of sp³-hybridized carbons (Fsp3) is 0.667. The van der Waals surface area contributed by atoms with Gasteiger partial charge in [0.2, 0.25) is 0 Å². The van der Waals surface area contributed by atoms with Crippen LogP contribution < -0.4 is 0 Å². The summed E-state index contributed by atoms with van der Waals surface area (Å²) < 4.78 is 5.93. The van der Waals surface area contributed by atoms with Gasteiger partial charge in [-0.3, -0.25) is 0 Å². The zero-order chi connectivity index (χ0) is 12.3. The van der Waals surface area contributed by atoms with Gasteiger partial charge in [-0.25, -0.2) is 9.97 Å². The summed E-state index contributed by atoms with van der Waals surface area (Å²) in [6.45, 7) is 2.13. The van der Waals surface area contributed by atoms with E-state index in [1.54, 1.807) is 24.2 Å². The second kappa shape index (κ2) is 5.80. The predicted molar refractivity (Wildman–Crippen MR) is 68.9 cm³/mol. The smallest absolute Gasteiger partial charge is 0.189 e. The van der Waals surface area contributed by atoms with Gasteiger partial charge in [-0.15, -0.1) is 0 Å². The Morgan fingerprint density at radius 1 is 1.29 bits per heavy atom. The molecule has 1 aliphatic heterocycles. The van der Waals surface area contributed by atoms with Crippen LogP contribution in [0.1, 0.15) is 19.8 Å². The van der Waals surface area contributed by atoms with Gasteiger partial charge < -0.3 is 9.64 Å². The van der Waals surface area contributed by atoms with E-state index < -0.39 is 0 Å². The maximum atomic E-state index is 5.93. The molecule has 0 N–H and O–H groups in total. The lowest BCUT2D eigenvalue weighted by atomic mass is 10.0. The van der Waals surface area contributed by atoms with Crippen LogP contribution in [-0.2, 0) is 4.74 Å². The molecule has 0 amide bonds. The molecular weight excluding hydrogens is 234 g/mol. The second-order valence-electron chi connectivity index (χ2n) is 4.61. The van der Waals surface area contributed by atoms with Crippen LogP contribution >= 0.6 is 11.8 Å². The number of nitrogens with zero attached hydrogens (tertiary/aromatic N) is 3. The van der Waals surface area contributed by atoms with E-state index in [1.807, 2.05) is 6.07 Å². The summed E-state index contributed by atoms with van der Waals surface area (Å²) in [4.78, 5) is 10.7. The summed E-state index contributed by atoms with van der Waals surface area (Å²) in [6, 6.07) is 2.41. The largest absolute Gasteiger partial charge is 0.364 e. The SMILES string of the molecule is C[C@@H]1C[C@H](N(C)C)CC(Sc2ncccn2)O1. The fourth-order valence-corrected chi connectivity index (χ4v) is 3.08. The van der Waals surface area contributed by atoms with Gasteiger partial charge in [0.05, 0.1) is 6.10 Å². The molecule has 1 fully saturated rings. The first-order valence-corrected chi connectivity index (χ1v) is 6.78. The summed E-state index contributed by atoms with van der Waals surface area (Å²) in [5, 5.41) is 0.795. The van der Waals surface area contributed by atoms with E-state index in [9.17, 15) is 0 Å². The average Bonchev–Trinajstić information content (AvgIpc) is 2.29. The average molecular weight is 253 g/mol. The summed E-state index contributed by atoms with van der Waals surface area (Å²) >= 11 is 1.62. The quantitative estimate of drug-likeness (QED) is 0.771. The summed E-state index contributed by atoms with van der Waals surface area (Å²) in [6.07, 6.45) is 5.97. The molecule has 2 rings (SSSR count). The molecule has 0 spiro atoms. The van der Waals surface area contributed by atoms with Crippen LogP contribution in [0.4, 0.5) is 0 Å². The van der Waals surface area contributed by atoms with Crippen molar-refractivity contribution in [3.63, 3.8) is 0 Å². The first kappa shape index (κ1) is 12.8. The van der Waals surface area contributed by atoms with Crippen molar-refractivity contribution in [2.45, 2.75) is 42.5 Å². The normalized spacial score (nSPS) is 29.5. The van der Waals surface area contributed by atoms with Crippen molar-refractivity contribution in [3.05, 3.63) is 18.5 Å². The van der Waals surface area contributed by atoms with E-state index in [4.69, 9.17) is 4.74 Å². The van der Waals surface area contributed by atoms with Gasteiger partial charge in [0, 0.05) is 18.4 Å². The van der Waals surface area contributed by atoms with Crippen molar-refractivity contribution in [2.24, 2.45) is 0 Å². The Bertz CT molecular complexity index is 347. The number of rotatable bonds is 3. The monoisotopic (exact) mass is 253 g/mol. The minimum atomic E-state index is 0.161. The van der Waals surface area contributed by atoms with Crippen molar-refractivity contribution in [3.8, 4) is 0 Å². The van der Waals surface area contributed by atoms with Crippen LogP contribution in [-0.4, -0.2) is 46.5 Å². The topological polar surface area (TPSA) is 38.2 Å². The number of thioether (sulfide) groups is 1. The van der Waals surface area contributed by atoms with Gasteiger partial charge in [-0.2, -0.15) is 0 Å². The van der Waals surface area contributed by atoms with Gasteiger partial charge in [0.1, 0.15) is 5.44 Å². The molecule has 0 saturated carbocycles. The molecule has 0 bridgehead atoms. The number of hydrogen-bond donors (Lipinski definition) is 0. The van der Waals surface area contributed by atoms with Crippen LogP contribution in [0.2, 0.25) is 0 Å². The third kappa shape index (κ3) is 3.66. The van der Waals surface area contributed by atoms with E-state index in [0.29, 0.717) is 12.1 Å². The Morgan fingerprint density at radius 2 is 2.00 bits per heavy atom. The molecule has 2 heterocycles. The molecule has 0 aromatic carbocycles. The highest BCUT2D eigenvalue weighted by Gasteiger charge is 2.29. The van der Waals surface area contributed by atoms with E-state index in [-0.39, 0.29) is 5.44 Å². The van der Waals surface area contributed by atoms with Crippen molar-refractivity contribution >= 4 is 11.8 Å². The van der Waals surface area contributed by atoms with Gasteiger partial charge in [0.15, 0.2) is 5.16 Å². The summed E-state index contributed by atoms with van der Waals surface area (Å²) in [7, 11) is 4.26. The molecule has 1 aromatic heterocycles. The van der Waals surface area contributed by atoms with Gasteiger partial charge in [-0.05, 0) is 39.9 Å². The molecule has 1 aromatic rings. The highest BCUT2D eigenvalue weighted by atomic mass is 32.2. The van der Waals surface area contributed by atoms with Crippen LogP contribution in [0.25, 0.3) is 0 Å². The van der Waals surface area contributed by atoms with E-state index >= 15 is 0 Å². The lowest BCUT2D eigenvalue weighted by Gasteiger charge is -2.36. The third-order valence-electron chi connectivity index (χ3n) is 2.96. The second-order valence-corrected chi connectivity index (χ2v) is 5.74. The molecule has 3 atom stereocenters. The van der Waals surface area contributed by atoms with Crippen LogP contribution in [0, 0.1) is 0 Å². The minimum absolute atomic E-state index is 0.161. The predicted octanol–water partition coefficient (Wildman–Crippen LogP) is 2.02. The molecule has 0 aliphatic carbocycles. The van der Waals surface area contributed by atoms with E-state index in [2.05, 4.69) is 35.9 Å². The Morgan fingerprint density at radius 3 is 2.65 bits per heavy atom. The van der Waals surface area contributed by atoms with Crippen LogP contribution in [0.15, 0.2) is 23.6 Å². The van der Waals surface area contributed by atoms with E-state index in [1.165, 1.54) is 0 Å². The van der Waals surface area contributed by atoms with Crippen molar-refractivity contribution < 1.29 is 4.74 Å². The maximum Gasteiger partial charge on any atom is 0.189 e. The standard InChI is InChI=1S/C12H19N3OS/c1-9-7-10(15(2)3)8-11(16-9)17-12-13-5-4-6-14-12/h4-6,9-11H,7-8H2,1-3H3/t9-,10+,11?/m1/s1. The highest BCUT2D eigenvalue weighted by molar-refractivity contribution is 7.99. The maximum absolute atomic E-state index is 5.93. The number of ether oxygens (including phenoxy) is 1. The fourth-order valence-electron chi connectivity index (χ4n) is 2.03. The zero-order valence-electron chi connectivity index (χ0n) is 10.5. The van der Waals surface area contributed by atoms with E-state index in [0.717, 1.165) is 18.0 Å². The molecule has 94 valence electrons. The minimum Gasteiger partial charge on any atom is -0.364 e. The summed E-state index contributed by atoms with van der Waals surface area (Å²) in [5.74, 6) is 0. The molecular formula is C12H19N3OS. The molecule has 4 nitrogen and oxygen atoms in total. The van der Waals surface area contributed by atoms with Crippen molar-refractivity contribution in [2.75, 3.05) is 14.1 Å². The number of hydrogen-bond acceptors (Lipinski definition) is 5. The lowest BCUT2D eigenvalue weighted by molar-refractivity contribution is -0.0249. The van der Waals surface area contributed by atoms with Crippen LogP contribution in [0.3, 0.4) is 0 Å². The first-order valence-electron chi connectivity index (χ1n) is 5.90. The molecule has 17 heavy (non-hydrogen) atoms. The summed E-state index contributed by atoms with van der Waals surface area (Å²) in [5.41, 5.74) is 0.161. The van der Waals surface area contributed by atoms with Crippen molar-refractivity contribution in [1.82, 2.24) is 14.9 Å². The molecule has 5 heteroatoms. The van der Waals surface area contributed by atoms with Crippen molar-refractivity contribution in [1.29, 1.82) is 0 Å². The Balaban J connectivity index is 1.96.